The minimum atomic E-state index is -4.26. The number of benzene rings is 2. The molecule has 1 N–H and O–H groups in total. The summed E-state index contributed by atoms with van der Waals surface area (Å²) in [5, 5.41) is 2.61. The van der Waals surface area contributed by atoms with Gasteiger partial charge in [0.05, 0.1) is 25.2 Å². The normalized spacial score (nSPS) is 11.3. The lowest BCUT2D eigenvalue weighted by Crippen LogP contribution is -2.30. The summed E-state index contributed by atoms with van der Waals surface area (Å²) < 4.78 is 41.1. The number of thiazole rings is 1. The third kappa shape index (κ3) is 5.74. The van der Waals surface area contributed by atoms with E-state index >= 15 is 0 Å². The van der Waals surface area contributed by atoms with Gasteiger partial charge in [-0.25, -0.2) is 27.9 Å². The van der Waals surface area contributed by atoms with Crippen LogP contribution in [0.2, 0.25) is 0 Å². The first kappa shape index (κ1) is 25.4. The number of sulfonamides is 1. The number of hydrogen-bond donors (Lipinski definition) is 1. The first-order valence-corrected chi connectivity index (χ1v) is 13.7. The largest absolute Gasteiger partial charge is 0.493 e. The lowest BCUT2D eigenvalue weighted by atomic mass is 10.0. The Morgan fingerprint density at radius 3 is 2.64 bits per heavy atom. The van der Waals surface area contributed by atoms with Crippen molar-refractivity contribution < 1.29 is 22.7 Å². The fourth-order valence-corrected chi connectivity index (χ4v) is 5.43. The van der Waals surface area contributed by atoms with E-state index in [1.807, 2.05) is 32.9 Å². The number of amides is 1. The summed E-state index contributed by atoms with van der Waals surface area (Å²) in [4.78, 5) is 20.6. The molecule has 0 aliphatic rings. The predicted molar refractivity (Wildman–Crippen MR) is 137 cm³/mol. The molecule has 0 saturated carbocycles. The van der Waals surface area contributed by atoms with Crippen molar-refractivity contribution in [3.05, 3.63) is 72.0 Å². The van der Waals surface area contributed by atoms with E-state index in [0.29, 0.717) is 34.9 Å². The van der Waals surface area contributed by atoms with E-state index in [9.17, 15) is 13.2 Å². The van der Waals surface area contributed by atoms with Crippen LogP contribution in [0.5, 0.6) is 5.75 Å². The van der Waals surface area contributed by atoms with Crippen LogP contribution in [-0.2, 0) is 21.3 Å². The number of hydrogen-bond acceptors (Lipinski definition) is 8. The summed E-state index contributed by atoms with van der Waals surface area (Å²) in [6.07, 6.45) is 5.91. The minimum absolute atomic E-state index is 0.0622. The van der Waals surface area contributed by atoms with Gasteiger partial charge in [-0.1, -0.05) is 43.7 Å². The summed E-state index contributed by atoms with van der Waals surface area (Å²) in [6.45, 7) is 2.83. The Labute approximate surface area is 213 Å². The van der Waals surface area contributed by atoms with Gasteiger partial charge in [0.25, 0.3) is 10.0 Å². The molecule has 11 heteroatoms. The standard InChI is InChI=1S/C25H26N4O5S2/c1-3-4-13-34-21-16-20(18-8-6-5-7-9-18)22(36(31,32)28-25(30)33-2)15-19(21)17-29-12-10-26-23(29)24-27-11-14-35-24/h5-12,14-16H,3-4,13,17H2,1-2H3,(H,28,30). The highest BCUT2D eigenvalue weighted by atomic mass is 32.2. The van der Waals surface area contributed by atoms with Gasteiger partial charge in [0.15, 0.2) is 10.8 Å². The highest BCUT2D eigenvalue weighted by Crippen LogP contribution is 2.35. The van der Waals surface area contributed by atoms with Crippen LogP contribution in [0.1, 0.15) is 25.3 Å². The van der Waals surface area contributed by atoms with Crippen LogP contribution in [0.3, 0.4) is 0 Å². The third-order valence-corrected chi connectivity index (χ3v) is 7.50. The van der Waals surface area contributed by atoms with E-state index in [1.54, 1.807) is 42.9 Å². The van der Waals surface area contributed by atoms with Crippen molar-refractivity contribution in [2.75, 3.05) is 13.7 Å². The second kappa shape index (κ2) is 11.4. The molecule has 0 saturated heterocycles. The molecule has 1 amide bonds. The van der Waals surface area contributed by atoms with Gasteiger partial charge in [0, 0.05) is 35.1 Å². The number of carbonyl (C=O) groups excluding carboxylic acids is 1. The molecule has 0 aliphatic carbocycles. The molecule has 2 aromatic heterocycles. The zero-order chi connectivity index (χ0) is 25.5. The summed E-state index contributed by atoms with van der Waals surface area (Å²) in [6, 6.07) is 12.3. The average Bonchev–Trinajstić information content (AvgIpc) is 3.57. The fourth-order valence-electron chi connectivity index (χ4n) is 3.61. The van der Waals surface area contributed by atoms with Gasteiger partial charge < -0.3 is 14.0 Å². The second-order valence-electron chi connectivity index (χ2n) is 7.84. The highest BCUT2D eigenvalue weighted by Gasteiger charge is 2.25. The summed E-state index contributed by atoms with van der Waals surface area (Å²) in [5.74, 6) is 1.21. The number of rotatable bonds is 10. The zero-order valence-electron chi connectivity index (χ0n) is 19.9. The second-order valence-corrected chi connectivity index (χ2v) is 10.4. The molecule has 4 rings (SSSR count). The molecule has 0 bridgehead atoms. The van der Waals surface area contributed by atoms with Crippen molar-refractivity contribution in [2.24, 2.45) is 0 Å². The fraction of sp³-hybridized carbons (Fsp3) is 0.240. The molecule has 36 heavy (non-hydrogen) atoms. The Morgan fingerprint density at radius 2 is 1.94 bits per heavy atom. The quantitative estimate of drug-likeness (QED) is 0.291. The number of carbonyl (C=O) groups is 1. The van der Waals surface area contributed by atoms with E-state index < -0.39 is 16.1 Å². The maximum Gasteiger partial charge on any atom is 0.420 e. The average molecular weight is 527 g/mol. The van der Waals surface area contributed by atoms with E-state index in [1.165, 1.54) is 11.3 Å². The summed E-state index contributed by atoms with van der Waals surface area (Å²) in [5.41, 5.74) is 1.69. The maximum atomic E-state index is 13.3. The topological polar surface area (TPSA) is 112 Å². The van der Waals surface area contributed by atoms with Gasteiger partial charge >= 0.3 is 6.09 Å². The molecule has 9 nitrogen and oxygen atoms in total. The molecule has 0 spiro atoms. The lowest BCUT2D eigenvalue weighted by Gasteiger charge is -2.18. The van der Waals surface area contributed by atoms with Crippen LogP contribution < -0.4 is 9.46 Å². The van der Waals surface area contributed by atoms with Crippen molar-refractivity contribution in [2.45, 2.75) is 31.2 Å². The number of ether oxygens (including phenoxy) is 2. The molecule has 0 unspecified atom stereocenters. The van der Waals surface area contributed by atoms with Gasteiger partial charge in [0.1, 0.15) is 5.75 Å². The number of unbranched alkanes of at least 4 members (excludes halogenated alkanes) is 1. The molecule has 188 valence electrons. The van der Waals surface area contributed by atoms with Crippen LogP contribution in [0.4, 0.5) is 4.79 Å². The molecule has 2 aromatic carbocycles. The Morgan fingerprint density at radius 1 is 1.14 bits per heavy atom. The third-order valence-electron chi connectivity index (χ3n) is 5.38. The molecule has 0 aliphatic heterocycles. The van der Waals surface area contributed by atoms with Crippen molar-refractivity contribution in [3.8, 4) is 27.7 Å². The molecule has 0 radical (unpaired) electrons. The Balaban J connectivity index is 1.86. The Bertz CT molecular complexity index is 1420. The van der Waals surface area contributed by atoms with Crippen molar-refractivity contribution in [1.29, 1.82) is 0 Å². The van der Waals surface area contributed by atoms with Gasteiger partial charge in [-0.15, -0.1) is 11.3 Å². The highest BCUT2D eigenvalue weighted by molar-refractivity contribution is 7.90. The monoisotopic (exact) mass is 526 g/mol. The first-order valence-electron chi connectivity index (χ1n) is 11.3. The molecular weight excluding hydrogens is 500 g/mol. The summed E-state index contributed by atoms with van der Waals surface area (Å²) >= 11 is 1.46. The Kier molecular flexibility index (Phi) is 8.01. The van der Waals surface area contributed by atoms with Gasteiger partial charge in [0.2, 0.25) is 0 Å². The predicted octanol–water partition coefficient (Wildman–Crippen LogP) is 4.95. The van der Waals surface area contributed by atoms with E-state index in [0.717, 1.165) is 25.0 Å². The molecular formula is C25H26N4O5S2. The van der Waals surface area contributed by atoms with Crippen LogP contribution in [0.25, 0.3) is 22.0 Å². The molecule has 0 fully saturated rings. The van der Waals surface area contributed by atoms with Crippen LogP contribution in [0, 0.1) is 0 Å². The van der Waals surface area contributed by atoms with Crippen LogP contribution >= 0.6 is 11.3 Å². The van der Waals surface area contributed by atoms with Crippen molar-refractivity contribution >= 4 is 27.5 Å². The minimum Gasteiger partial charge on any atom is -0.493 e. The molecule has 0 atom stereocenters. The van der Waals surface area contributed by atoms with E-state index in [2.05, 4.69) is 21.6 Å². The zero-order valence-corrected chi connectivity index (χ0v) is 21.5. The van der Waals surface area contributed by atoms with Gasteiger partial charge in [-0.05, 0) is 24.1 Å². The van der Waals surface area contributed by atoms with Crippen molar-refractivity contribution in [1.82, 2.24) is 19.3 Å². The van der Waals surface area contributed by atoms with E-state index in [4.69, 9.17) is 4.74 Å². The first-order chi connectivity index (χ1) is 17.4. The number of aromatic nitrogens is 3. The number of methoxy groups -OCH3 is 1. The number of imidazole rings is 1. The smallest absolute Gasteiger partial charge is 0.420 e. The molecule has 2 heterocycles. The van der Waals surface area contributed by atoms with Crippen LogP contribution in [-0.4, -0.2) is 42.8 Å². The molecule has 4 aromatic rings. The van der Waals surface area contributed by atoms with E-state index in [-0.39, 0.29) is 11.4 Å². The number of nitrogens with one attached hydrogen (secondary N) is 1. The van der Waals surface area contributed by atoms with Crippen molar-refractivity contribution in [3.63, 3.8) is 0 Å². The Hall–Kier alpha value is -3.70. The van der Waals surface area contributed by atoms with Crippen LogP contribution in [0.15, 0.2) is 71.3 Å². The van der Waals surface area contributed by atoms with Gasteiger partial charge in [-0.2, -0.15) is 0 Å². The SMILES string of the molecule is CCCCOc1cc(-c2ccccc2)c(S(=O)(=O)NC(=O)OC)cc1Cn1ccnc1-c1nccs1. The lowest BCUT2D eigenvalue weighted by molar-refractivity contribution is 0.177. The number of nitrogens with zero attached hydrogens (tertiary/aromatic N) is 3. The maximum absolute atomic E-state index is 13.3. The summed E-state index contributed by atoms with van der Waals surface area (Å²) in [7, 11) is -3.15. The van der Waals surface area contributed by atoms with Gasteiger partial charge in [-0.3, -0.25) is 0 Å².